The number of halogens is 2. The van der Waals surface area contributed by atoms with Gasteiger partial charge in [0.25, 0.3) is 11.7 Å². The fourth-order valence-corrected chi connectivity index (χ4v) is 4.43. The van der Waals surface area contributed by atoms with Crippen LogP contribution < -0.4 is 9.64 Å². The zero-order valence-electron chi connectivity index (χ0n) is 17.6. The van der Waals surface area contributed by atoms with Crippen LogP contribution in [-0.4, -0.2) is 22.9 Å². The van der Waals surface area contributed by atoms with E-state index in [0.717, 1.165) is 22.6 Å². The van der Waals surface area contributed by atoms with Gasteiger partial charge in [-0.2, -0.15) is 0 Å². The number of carbonyl (C=O) groups is 2. The maximum absolute atomic E-state index is 14.7. The van der Waals surface area contributed by atoms with Crippen molar-refractivity contribution in [3.05, 3.63) is 101 Å². The van der Waals surface area contributed by atoms with Crippen LogP contribution in [0.2, 0.25) is 0 Å². The summed E-state index contributed by atoms with van der Waals surface area (Å²) in [5.41, 5.74) is 1.32. The molecule has 0 radical (unpaired) electrons. The van der Waals surface area contributed by atoms with Gasteiger partial charge in [-0.25, -0.2) is 8.78 Å². The van der Waals surface area contributed by atoms with Gasteiger partial charge in [-0.15, -0.1) is 0 Å². The van der Waals surface area contributed by atoms with Gasteiger partial charge < -0.3 is 9.84 Å². The van der Waals surface area contributed by atoms with Crippen molar-refractivity contribution in [3.8, 4) is 5.75 Å². The van der Waals surface area contributed by atoms with Gasteiger partial charge in [0.05, 0.1) is 17.3 Å². The predicted octanol–water partition coefficient (Wildman–Crippen LogP) is 4.91. The molecule has 2 heterocycles. The second kappa shape index (κ2) is 7.85. The van der Waals surface area contributed by atoms with Crippen LogP contribution in [0.15, 0.2) is 72.3 Å². The van der Waals surface area contributed by atoms with E-state index in [2.05, 4.69) is 0 Å². The van der Waals surface area contributed by atoms with E-state index in [1.54, 1.807) is 48.5 Å². The van der Waals surface area contributed by atoms with Crippen molar-refractivity contribution in [1.29, 1.82) is 0 Å². The van der Waals surface area contributed by atoms with Gasteiger partial charge in [-0.3, -0.25) is 14.5 Å². The third kappa shape index (κ3) is 3.46. The number of anilines is 1. The molecule has 0 aliphatic carbocycles. The minimum Gasteiger partial charge on any atom is -0.507 e. The Hall–Kier alpha value is -4.00. The van der Waals surface area contributed by atoms with E-state index in [-0.39, 0.29) is 23.1 Å². The summed E-state index contributed by atoms with van der Waals surface area (Å²) in [6.07, 6.45) is 0.641. The number of ether oxygens (including phenoxy) is 1. The summed E-state index contributed by atoms with van der Waals surface area (Å²) in [5, 5.41) is 11.2. The standard InChI is InChI=1S/C26H19F2NO4/c1-14-11-17-12-16(7-10-21(17)33-14)24(30)22-23(15-5-3-2-4-6-15)29(26(32)25(22)31)20-9-8-18(27)13-19(20)28/h2-10,12-14,23,30H,11H2,1H3/b24-22-. The van der Waals surface area contributed by atoms with Crippen molar-refractivity contribution < 1.29 is 28.2 Å². The number of benzene rings is 3. The second-order valence-corrected chi connectivity index (χ2v) is 8.13. The monoisotopic (exact) mass is 447 g/mol. The number of carbonyl (C=O) groups excluding carboxylic acids is 2. The Morgan fingerprint density at radius 2 is 1.79 bits per heavy atom. The summed E-state index contributed by atoms with van der Waals surface area (Å²) < 4.78 is 33.9. The zero-order chi connectivity index (χ0) is 23.3. The summed E-state index contributed by atoms with van der Waals surface area (Å²) in [5.74, 6) is -3.41. The first kappa shape index (κ1) is 20.9. The molecule has 0 aromatic heterocycles. The highest BCUT2D eigenvalue weighted by Gasteiger charge is 2.47. The van der Waals surface area contributed by atoms with E-state index in [9.17, 15) is 23.5 Å². The molecule has 1 saturated heterocycles. The third-order valence-corrected chi connectivity index (χ3v) is 5.90. The molecule has 1 fully saturated rings. The summed E-state index contributed by atoms with van der Waals surface area (Å²) in [7, 11) is 0. The van der Waals surface area contributed by atoms with E-state index >= 15 is 0 Å². The number of amides is 1. The Morgan fingerprint density at radius 3 is 2.52 bits per heavy atom. The fourth-order valence-electron chi connectivity index (χ4n) is 4.43. The molecule has 1 amide bonds. The number of fused-ring (bicyclic) bond motifs is 1. The number of aliphatic hydroxyl groups excluding tert-OH is 1. The predicted molar refractivity (Wildman–Crippen MR) is 118 cm³/mol. The molecule has 33 heavy (non-hydrogen) atoms. The van der Waals surface area contributed by atoms with Crippen LogP contribution >= 0.6 is 0 Å². The Bertz CT molecular complexity index is 1320. The molecule has 1 N–H and O–H groups in total. The number of nitrogens with zero attached hydrogens (tertiary/aromatic N) is 1. The van der Waals surface area contributed by atoms with E-state index < -0.39 is 29.4 Å². The zero-order valence-corrected chi connectivity index (χ0v) is 17.6. The number of rotatable bonds is 3. The van der Waals surface area contributed by atoms with Crippen molar-refractivity contribution >= 4 is 23.1 Å². The van der Waals surface area contributed by atoms with Gasteiger partial charge in [0.2, 0.25) is 0 Å². The number of hydrogen-bond acceptors (Lipinski definition) is 4. The average Bonchev–Trinajstić information content (AvgIpc) is 3.30. The molecule has 5 nitrogen and oxygen atoms in total. The molecule has 5 rings (SSSR count). The van der Waals surface area contributed by atoms with E-state index in [4.69, 9.17) is 4.74 Å². The molecular formula is C26H19F2NO4. The Morgan fingerprint density at radius 1 is 1.03 bits per heavy atom. The number of Topliss-reactive ketones (excluding diaryl/α,β-unsaturated/α-hetero) is 1. The lowest BCUT2D eigenvalue weighted by Gasteiger charge is -2.25. The van der Waals surface area contributed by atoms with Crippen molar-refractivity contribution in [3.63, 3.8) is 0 Å². The van der Waals surface area contributed by atoms with Gasteiger partial charge >= 0.3 is 0 Å². The van der Waals surface area contributed by atoms with Crippen LogP contribution in [0.5, 0.6) is 5.75 Å². The fraction of sp³-hybridized carbons (Fsp3) is 0.154. The second-order valence-electron chi connectivity index (χ2n) is 8.13. The van der Waals surface area contributed by atoms with Gasteiger partial charge in [-0.1, -0.05) is 30.3 Å². The molecule has 2 aliphatic heterocycles. The Labute approximate surface area is 188 Å². The lowest BCUT2D eigenvalue weighted by Crippen LogP contribution is -2.30. The number of ketones is 1. The normalized spacial score (nSPS) is 21.2. The van der Waals surface area contributed by atoms with Crippen molar-refractivity contribution in [2.45, 2.75) is 25.5 Å². The average molecular weight is 447 g/mol. The van der Waals surface area contributed by atoms with Crippen molar-refractivity contribution in [2.24, 2.45) is 0 Å². The highest BCUT2D eigenvalue weighted by atomic mass is 19.1. The summed E-state index contributed by atoms with van der Waals surface area (Å²) in [6.45, 7) is 1.93. The quantitative estimate of drug-likeness (QED) is 0.352. The van der Waals surface area contributed by atoms with E-state index in [0.29, 0.717) is 29.4 Å². The molecule has 0 saturated carbocycles. The lowest BCUT2D eigenvalue weighted by atomic mass is 9.94. The lowest BCUT2D eigenvalue weighted by molar-refractivity contribution is -0.132. The molecule has 7 heteroatoms. The van der Waals surface area contributed by atoms with Crippen LogP contribution in [-0.2, 0) is 16.0 Å². The maximum Gasteiger partial charge on any atom is 0.300 e. The molecule has 2 atom stereocenters. The maximum atomic E-state index is 14.7. The van der Waals surface area contributed by atoms with Crippen LogP contribution in [0.1, 0.15) is 29.7 Å². The number of aliphatic hydroxyl groups is 1. The largest absolute Gasteiger partial charge is 0.507 e. The molecule has 0 bridgehead atoms. The van der Waals surface area contributed by atoms with Gasteiger partial charge in [0.1, 0.15) is 29.2 Å². The minimum absolute atomic E-state index is 0.00579. The summed E-state index contributed by atoms with van der Waals surface area (Å²) in [4.78, 5) is 27.1. The molecule has 166 valence electrons. The van der Waals surface area contributed by atoms with Gasteiger partial charge in [-0.05, 0) is 48.4 Å². The summed E-state index contributed by atoms with van der Waals surface area (Å²) in [6, 6.07) is 15.3. The van der Waals surface area contributed by atoms with Crippen LogP contribution in [0, 0.1) is 11.6 Å². The minimum atomic E-state index is -1.09. The molecule has 2 unspecified atom stereocenters. The van der Waals surface area contributed by atoms with Crippen molar-refractivity contribution in [2.75, 3.05) is 4.90 Å². The topological polar surface area (TPSA) is 66.8 Å². The van der Waals surface area contributed by atoms with Crippen LogP contribution in [0.25, 0.3) is 5.76 Å². The first-order chi connectivity index (χ1) is 15.8. The van der Waals surface area contributed by atoms with Crippen LogP contribution in [0.4, 0.5) is 14.5 Å². The first-order valence-electron chi connectivity index (χ1n) is 10.5. The molecule has 3 aromatic rings. The van der Waals surface area contributed by atoms with Crippen molar-refractivity contribution in [1.82, 2.24) is 0 Å². The van der Waals surface area contributed by atoms with Gasteiger partial charge in [0, 0.05) is 18.1 Å². The summed E-state index contributed by atoms with van der Waals surface area (Å²) >= 11 is 0. The van der Waals surface area contributed by atoms with Crippen LogP contribution in [0.3, 0.4) is 0 Å². The van der Waals surface area contributed by atoms with Gasteiger partial charge in [0.15, 0.2) is 0 Å². The molecule has 3 aromatic carbocycles. The molecule has 2 aliphatic rings. The molecular weight excluding hydrogens is 428 g/mol. The Kier molecular flexibility index (Phi) is 4.96. The highest BCUT2D eigenvalue weighted by Crippen LogP contribution is 2.43. The number of hydrogen-bond donors (Lipinski definition) is 1. The first-order valence-corrected chi connectivity index (χ1v) is 10.5. The smallest absolute Gasteiger partial charge is 0.300 e. The Balaban J connectivity index is 1.70. The van der Waals surface area contributed by atoms with E-state index in [1.807, 2.05) is 6.92 Å². The third-order valence-electron chi connectivity index (χ3n) is 5.90. The van der Waals surface area contributed by atoms with E-state index in [1.165, 1.54) is 0 Å². The molecule has 0 spiro atoms. The highest BCUT2D eigenvalue weighted by molar-refractivity contribution is 6.51. The SMILES string of the molecule is CC1Cc2cc(/C(O)=C3/C(=O)C(=O)N(c4ccc(F)cc4F)C3c3ccccc3)ccc2O1.